The van der Waals surface area contributed by atoms with E-state index in [2.05, 4.69) is 24.3 Å². The molecule has 0 aromatic heterocycles. The van der Waals surface area contributed by atoms with Crippen LogP contribution in [0.1, 0.15) is 46.5 Å². The Balaban J connectivity index is -0.0000000973. The molecule has 1 aliphatic carbocycles. The molecule has 0 atom stereocenters. The second kappa shape index (κ2) is 23.6. The van der Waals surface area contributed by atoms with E-state index in [0.29, 0.717) is 0 Å². The van der Waals surface area contributed by atoms with Crippen molar-refractivity contribution in [3.63, 3.8) is 0 Å². The molecular weight excluding hydrogens is 367 g/mol. The third-order valence-electron chi connectivity index (χ3n) is 1.33. The molecule has 0 spiro atoms. The van der Waals surface area contributed by atoms with Gasteiger partial charge in [0.25, 0.3) is 0 Å². The molecule has 1 rings (SSSR count). The van der Waals surface area contributed by atoms with Crippen molar-refractivity contribution in [1.29, 1.82) is 0 Å². The maximum absolute atomic E-state index is 8.89. The standard InChI is InChI=1S/C8H12.3C2H4O2.Rh/c1-2-4-6-8-7-5-3-1;3*1-2(3)4;/h1-2,7-8H,3-6H2;3*1H3,(H,3,4);/q;;;;+3/p-3/b2-1-,8-7?;;;;. The van der Waals surface area contributed by atoms with Crippen LogP contribution in [0.15, 0.2) is 24.3 Å². The van der Waals surface area contributed by atoms with Crippen LogP contribution < -0.4 is 15.3 Å². The van der Waals surface area contributed by atoms with E-state index in [4.69, 9.17) is 29.7 Å². The summed E-state index contributed by atoms with van der Waals surface area (Å²) in [5.74, 6) is -3.25. The number of aliphatic carboxylic acids is 3. The van der Waals surface area contributed by atoms with Crippen LogP contribution in [0.3, 0.4) is 0 Å². The van der Waals surface area contributed by atoms with Gasteiger partial charge >= 0.3 is 19.5 Å². The molecule has 0 fully saturated rings. The Kier molecular flexibility index (Phi) is 31.2. The van der Waals surface area contributed by atoms with Crippen LogP contribution in [0.2, 0.25) is 0 Å². The Bertz CT molecular complexity index is 257. The van der Waals surface area contributed by atoms with Gasteiger partial charge in [0, 0.05) is 17.9 Å². The van der Waals surface area contributed by atoms with Crippen molar-refractivity contribution in [2.45, 2.75) is 46.5 Å². The Morgan fingerprint density at radius 2 is 0.714 bits per heavy atom. The van der Waals surface area contributed by atoms with Gasteiger partial charge in [-0.25, -0.2) is 0 Å². The van der Waals surface area contributed by atoms with Gasteiger partial charge in [-0.05, 0) is 46.5 Å². The molecular formula is C14H21O6Rh. The number of carboxylic acid groups (broad SMARTS) is 3. The van der Waals surface area contributed by atoms with Crippen LogP contribution in [0.25, 0.3) is 0 Å². The second-order valence-electron chi connectivity index (χ2n) is 3.57. The minimum absolute atomic E-state index is 0. The summed E-state index contributed by atoms with van der Waals surface area (Å²) in [6.45, 7) is 2.92. The van der Waals surface area contributed by atoms with Gasteiger partial charge in [0.1, 0.15) is 0 Å². The molecule has 122 valence electrons. The van der Waals surface area contributed by atoms with E-state index in [1.165, 1.54) is 25.7 Å². The minimum atomic E-state index is -1.08. The Morgan fingerprint density at radius 1 is 0.619 bits per heavy atom. The van der Waals surface area contributed by atoms with Crippen LogP contribution in [0.4, 0.5) is 0 Å². The van der Waals surface area contributed by atoms with E-state index in [1.807, 2.05) is 0 Å². The van der Waals surface area contributed by atoms with E-state index >= 15 is 0 Å². The summed E-state index contributed by atoms with van der Waals surface area (Å²) < 4.78 is 0. The van der Waals surface area contributed by atoms with Crippen LogP contribution in [-0.2, 0) is 33.9 Å². The van der Waals surface area contributed by atoms with E-state index in [0.717, 1.165) is 20.8 Å². The zero-order chi connectivity index (χ0) is 16.4. The summed E-state index contributed by atoms with van der Waals surface area (Å²) in [4.78, 5) is 26.7. The largest absolute Gasteiger partial charge is 3.00 e. The Labute approximate surface area is 138 Å². The number of carbonyl (C=O) groups is 3. The quantitative estimate of drug-likeness (QED) is 0.385. The molecule has 0 aromatic rings. The molecule has 0 saturated carbocycles. The molecule has 21 heavy (non-hydrogen) atoms. The molecule has 0 aromatic carbocycles. The average molecular weight is 388 g/mol. The number of hydrogen-bond acceptors (Lipinski definition) is 6. The van der Waals surface area contributed by atoms with Gasteiger partial charge in [0.15, 0.2) is 0 Å². The molecule has 0 aliphatic heterocycles. The molecule has 0 bridgehead atoms. The maximum atomic E-state index is 8.89. The van der Waals surface area contributed by atoms with Gasteiger partial charge in [-0.15, -0.1) is 0 Å². The first kappa shape index (κ1) is 27.8. The molecule has 1 aliphatic rings. The number of rotatable bonds is 0. The van der Waals surface area contributed by atoms with Crippen molar-refractivity contribution in [3.05, 3.63) is 24.3 Å². The van der Waals surface area contributed by atoms with Crippen molar-refractivity contribution in [2.75, 3.05) is 0 Å². The van der Waals surface area contributed by atoms with Gasteiger partial charge in [-0.3, -0.25) is 0 Å². The fourth-order valence-corrected chi connectivity index (χ4v) is 0.856. The van der Waals surface area contributed by atoms with Crippen molar-refractivity contribution in [3.8, 4) is 0 Å². The Hall–Kier alpha value is -1.49. The summed E-state index contributed by atoms with van der Waals surface area (Å²) in [5.41, 5.74) is 0. The predicted molar refractivity (Wildman–Crippen MR) is 68.8 cm³/mol. The van der Waals surface area contributed by atoms with Gasteiger partial charge < -0.3 is 29.7 Å². The fourth-order valence-electron chi connectivity index (χ4n) is 0.856. The number of allylic oxidation sites excluding steroid dienone is 4. The van der Waals surface area contributed by atoms with E-state index < -0.39 is 17.9 Å². The van der Waals surface area contributed by atoms with Gasteiger partial charge in [0.05, 0.1) is 0 Å². The van der Waals surface area contributed by atoms with E-state index in [1.54, 1.807) is 0 Å². The van der Waals surface area contributed by atoms with Crippen molar-refractivity contribution < 1.29 is 49.2 Å². The van der Waals surface area contributed by atoms with E-state index in [9.17, 15) is 0 Å². The zero-order valence-electron chi connectivity index (χ0n) is 12.4. The molecule has 0 radical (unpaired) electrons. The zero-order valence-corrected chi connectivity index (χ0v) is 14.1. The number of carboxylic acids is 3. The SMILES string of the molecule is C1=CCC/C=C\CC1.CC(=O)[O-].CC(=O)[O-].CC(=O)[O-].[Rh+3]. The molecule has 0 saturated heterocycles. The third kappa shape index (κ3) is 119. The van der Waals surface area contributed by atoms with Gasteiger partial charge in [-0.2, -0.15) is 0 Å². The van der Waals surface area contributed by atoms with Crippen LogP contribution >= 0.6 is 0 Å². The van der Waals surface area contributed by atoms with Crippen LogP contribution in [0, 0.1) is 0 Å². The molecule has 0 amide bonds. The first-order valence-corrected chi connectivity index (χ1v) is 6.02. The molecule has 6 nitrogen and oxygen atoms in total. The summed E-state index contributed by atoms with van der Waals surface area (Å²) in [6, 6.07) is 0. The van der Waals surface area contributed by atoms with Crippen molar-refractivity contribution in [1.82, 2.24) is 0 Å². The number of hydrogen-bond donors (Lipinski definition) is 0. The number of carbonyl (C=O) groups excluding carboxylic acids is 3. The molecule has 0 heterocycles. The normalized spacial score (nSPS) is 12.7. The summed E-state index contributed by atoms with van der Waals surface area (Å²) in [6.07, 6.45) is 14.0. The monoisotopic (exact) mass is 388 g/mol. The third-order valence-corrected chi connectivity index (χ3v) is 1.33. The summed E-state index contributed by atoms with van der Waals surface area (Å²) >= 11 is 0. The average Bonchev–Trinajstić information content (AvgIpc) is 2.12. The van der Waals surface area contributed by atoms with E-state index in [-0.39, 0.29) is 19.5 Å². The van der Waals surface area contributed by atoms with Crippen molar-refractivity contribution in [2.24, 2.45) is 0 Å². The molecule has 7 heteroatoms. The molecule has 0 unspecified atom stereocenters. The smallest absolute Gasteiger partial charge is 0.550 e. The van der Waals surface area contributed by atoms with Crippen molar-refractivity contribution >= 4 is 17.9 Å². The minimum Gasteiger partial charge on any atom is -0.550 e. The maximum Gasteiger partial charge on any atom is 3.00 e. The van der Waals surface area contributed by atoms with Gasteiger partial charge in [0.2, 0.25) is 0 Å². The first-order chi connectivity index (χ1) is 9.20. The fraction of sp³-hybridized carbons (Fsp3) is 0.500. The molecule has 0 N–H and O–H groups in total. The second-order valence-corrected chi connectivity index (χ2v) is 3.57. The summed E-state index contributed by atoms with van der Waals surface area (Å²) in [5, 5.41) is 26.7. The van der Waals surface area contributed by atoms with Crippen LogP contribution in [-0.4, -0.2) is 17.9 Å². The first-order valence-electron chi connectivity index (χ1n) is 6.02. The Morgan fingerprint density at radius 3 is 0.810 bits per heavy atom. The predicted octanol–water partition coefficient (Wildman–Crippen LogP) is -1.06. The summed E-state index contributed by atoms with van der Waals surface area (Å²) in [7, 11) is 0. The topological polar surface area (TPSA) is 120 Å². The van der Waals surface area contributed by atoms with Gasteiger partial charge in [-0.1, -0.05) is 24.3 Å². The van der Waals surface area contributed by atoms with Crippen LogP contribution in [0.5, 0.6) is 0 Å².